The van der Waals surface area contributed by atoms with Crippen LogP contribution in [0.15, 0.2) is 18.3 Å². The van der Waals surface area contributed by atoms with Gasteiger partial charge in [0.05, 0.1) is 0 Å². The molecule has 0 saturated heterocycles. The Morgan fingerprint density at radius 3 is 3.00 bits per heavy atom. The molecule has 4 nitrogen and oxygen atoms in total. The number of nitrogens with one attached hydrogen (secondary N) is 1. The molecule has 74 valence electrons. The van der Waals surface area contributed by atoms with E-state index >= 15 is 0 Å². The lowest BCUT2D eigenvalue weighted by Gasteiger charge is -2.16. The lowest BCUT2D eigenvalue weighted by molar-refractivity contribution is -0.123. The van der Waals surface area contributed by atoms with E-state index in [1.165, 1.54) is 0 Å². The first-order valence-electron chi connectivity index (χ1n) is 4.53. The van der Waals surface area contributed by atoms with Gasteiger partial charge in [0.2, 0.25) is 5.91 Å². The quantitative estimate of drug-likeness (QED) is 0.776. The highest BCUT2D eigenvalue weighted by atomic mass is 16.2. The number of nitrogens with zero attached hydrogens (tertiary/aromatic N) is 2. The van der Waals surface area contributed by atoms with E-state index in [4.69, 9.17) is 5.26 Å². The van der Waals surface area contributed by atoms with Crippen molar-refractivity contribution in [3.05, 3.63) is 24.0 Å². The summed E-state index contributed by atoms with van der Waals surface area (Å²) in [6, 6.07) is 5.23. The molecule has 1 aromatic heterocycles. The van der Waals surface area contributed by atoms with Crippen molar-refractivity contribution in [2.45, 2.75) is 19.4 Å². The average molecular weight is 191 g/mol. The van der Waals surface area contributed by atoms with E-state index in [0.29, 0.717) is 12.1 Å². The second-order valence-electron chi connectivity index (χ2n) is 2.95. The van der Waals surface area contributed by atoms with E-state index in [2.05, 4.69) is 11.4 Å². The van der Waals surface area contributed by atoms with Crippen molar-refractivity contribution in [1.82, 2.24) is 9.88 Å². The zero-order chi connectivity index (χ0) is 10.6. The predicted molar refractivity (Wildman–Crippen MR) is 52.5 cm³/mol. The summed E-state index contributed by atoms with van der Waals surface area (Å²) in [6.07, 6.45) is 2.42. The maximum atomic E-state index is 11.5. The molecule has 0 aliphatic carbocycles. The van der Waals surface area contributed by atoms with Crippen molar-refractivity contribution >= 4 is 5.91 Å². The Labute approximate surface area is 83.1 Å². The summed E-state index contributed by atoms with van der Waals surface area (Å²) in [5, 5.41) is 11.4. The predicted octanol–water partition coefficient (Wildman–Crippen LogP) is 1.06. The van der Waals surface area contributed by atoms with Crippen LogP contribution in [0.25, 0.3) is 0 Å². The Morgan fingerprint density at radius 1 is 1.79 bits per heavy atom. The molecule has 1 heterocycles. The van der Waals surface area contributed by atoms with Crippen molar-refractivity contribution in [3.8, 4) is 6.07 Å². The number of carbonyl (C=O) groups is 1. The third-order valence-electron chi connectivity index (χ3n) is 2.17. The molecule has 0 bridgehead atoms. The SMILES string of the molecule is CCC(C(=O)NC)n1cccc1C#N. The molecule has 1 amide bonds. The van der Waals surface area contributed by atoms with E-state index in [1.54, 1.807) is 29.9 Å². The van der Waals surface area contributed by atoms with Crippen LogP contribution in [0.2, 0.25) is 0 Å². The maximum Gasteiger partial charge on any atom is 0.242 e. The molecule has 4 heteroatoms. The van der Waals surface area contributed by atoms with E-state index in [0.717, 1.165) is 0 Å². The molecule has 0 aromatic carbocycles. The fourth-order valence-electron chi connectivity index (χ4n) is 1.44. The summed E-state index contributed by atoms with van der Waals surface area (Å²) in [7, 11) is 1.60. The van der Waals surface area contributed by atoms with E-state index in [-0.39, 0.29) is 11.9 Å². The number of carbonyl (C=O) groups excluding carboxylic acids is 1. The fourth-order valence-corrected chi connectivity index (χ4v) is 1.44. The summed E-state index contributed by atoms with van der Waals surface area (Å²) in [5.41, 5.74) is 0.514. The molecule has 0 radical (unpaired) electrons. The monoisotopic (exact) mass is 191 g/mol. The number of hydrogen-bond acceptors (Lipinski definition) is 2. The maximum absolute atomic E-state index is 11.5. The van der Waals surface area contributed by atoms with E-state index < -0.39 is 0 Å². The number of amides is 1. The number of likely N-dealkylation sites (N-methyl/N-ethyl adjacent to an activating group) is 1. The van der Waals surface area contributed by atoms with Gasteiger partial charge in [-0.2, -0.15) is 5.26 Å². The summed E-state index contributed by atoms with van der Waals surface area (Å²) in [5.74, 6) is -0.0693. The van der Waals surface area contributed by atoms with Crippen LogP contribution in [0.5, 0.6) is 0 Å². The summed E-state index contributed by atoms with van der Waals surface area (Å²) in [6.45, 7) is 1.92. The molecule has 1 N–H and O–H groups in total. The highest BCUT2D eigenvalue weighted by molar-refractivity contribution is 5.80. The lowest BCUT2D eigenvalue weighted by Crippen LogP contribution is -2.29. The van der Waals surface area contributed by atoms with Gasteiger partial charge in [0.1, 0.15) is 17.8 Å². The van der Waals surface area contributed by atoms with Crippen LogP contribution >= 0.6 is 0 Å². The van der Waals surface area contributed by atoms with Crippen LogP contribution < -0.4 is 5.32 Å². The summed E-state index contributed by atoms with van der Waals surface area (Å²) < 4.78 is 1.69. The normalized spacial score (nSPS) is 11.8. The standard InChI is InChI=1S/C10H13N3O/c1-3-9(10(14)12-2)13-6-4-5-8(13)7-11/h4-6,9H,3H2,1-2H3,(H,12,14). The molecule has 1 rings (SSSR count). The Morgan fingerprint density at radius 2 is 2.50 bits per heavy atom. The molecule has 0 saturated carbocycles. The van der Waals surface area contributed by atoms with Crippen LogP contribution in [-0.2, 0) is 4.79 Å². The van der Waals surface area contributed by atoms with Gasteiger partial charge in [-0.25, -0.2) is 0 Å². The van der Waals surface area contributed by atoms with Crippen molar-refractivity contribution in [2.24, 2.45) is 0 Å². The fraction of sp³-hybridized carbons (Fsp3) is 0.400. The van der Waals surface area contributed by atoms with Crippen LogP contribution in [0.3, 0.4) is 0 Å². The van der Waals surface area contributed by atoms with E-state index in [1.807, 2.05) is 6.92 Å². The van der Waals surface area contributed by atoms with Gasteiger partial charge in [0, 0.05) is 13.2 Å². The largest absolute Gasteiger partial charge is 0.357 e. The smallest absolute Gasteiger partial charge is 0.242 e. The van der Waals surface area contributed by atoms with Crippen LogP contribution in [0, 0.1) is 11.3 Å². The average Bonchev–Trinajstić information content (AvgIpc) is 2.66. The van der Waals surface area contributed by atoms with Crippen molar-refractivity contribution in [2.75, 3.05) is 7.05 Å². The molecule has 14 heavy (non-hydrogen) atoms. The number of nitriles is 1. The zero-order valence-electron chi connectivity index (χ0n) is 8.32. The van der Waals surface area contributed by atoms with Crippen LogP contribution in [0.1, 0.15) is 25.1 Å². The number of hydrogen-bond donors (Lipinski definition) is 1. The van der Waals surface area contributed by atoms with Gasteiger partial charge in [0.25, 0.3) is 0 Å². The first-order valence-corrected chi connectivity index (χ1v) is 4.53. The minimum absolute atomic E-state index is 0.0693. The minimum atomic E-state index is -0.287. The Kier molecular flexibility index (Phi) is 3.29. The van der Waals surface area contributed by atoms with Gasteiger partial charge in [-0.3, -0.25) is 4.79 Å². The highest BCUT2D eigenvalue weighted by Gasteiger charge is 2.18. The molecule has 0 aliphatic rings. The van der Waals surface area contributed by atoms with Gasteiger partial charge in [-0.05, 0) is 18.6 Å². The molecule has 1 aromatic rings. The van der Waals surface area contributed by atoms with Crippen LogP contribution in [0.4, 0.5) is 0 Å². The Bertz CT molecular complexity index is 362. The molecule has 0 fully saturated rings. The van der Waals surface area contributed by atoms with Gasteiger partial charge in [0.15, 0.2) is 0 Å². The van der Waals surface area contributed by atoms with Gasteiger partial charge in [-0.15, -0.1) is 0 Å². The third kappa shape index (κ3) is 1.77. The Hall–Kier alpha value is -1.76. The zero-order valence-corrected chi connectivity index (χ0v) is 8.32. The topological polar surface area (TPSA) is 57.8 Å². The molecular formula is C10H13N3O. The second-order valence-corrected chi connectivity index (χ2v) is 2.95. The Balaban J connectivity index is 3.01. The van der Waals surface area contributed by atoms with Gasteiger partial charge < -0.3 is 9.88 Å². The number of aromatic nitrogens is 1. The first kappa shape index (κ1) is 10.3. The lowest BCUT2D eigenvalue weighted by atomic mass is 10.2. The van der Waals surface area contributed by atoms with Crippen molar-refractivity contribution in [1.29, 1.82) is 5.26 Å². The van der Waals surface area contributed by atoms with Crippen molar-refractivity contribution in [3.63, 3.8) is 0 Å². The molecule has 1 unspecified atom stereocenters. The highest BCUT2D eigenvalue weighted by Crippen LogP contribution is 2.14. The van der Waals surface area contributed by atoms with E-state index in [9.17, 15) is 4.79 Å². The summed E-state index contributed by atoms with van der Waals surface area (Å²) in [4.78, 5) is 11.5. The van der Waals surface area contributed by atoms with Gasteiger partial charge in [-0.1, -0.05) is 6.92 Å². The molecular weight excluding hydrogens is 178 g/mol. The number of rotatable bonds is 3. The molecule has 0 spiro atoms. The van der Waals surface area contributed by atoms with Crippen molar-refractivity contribution < 1.29 is 4.79 Å². The third-order valence-corrected chi connectivity index (χ3v) is 2.17. The summed E-state index contributed by atoms with van der Waals surface area (Å²) >= 11 is 0. The first-order chi connectivity index (χ1) is 6.74. The minimum Gasteiger partial charge on any atom is -0.357 e. The van der Waals surface area contributed by atoms with Gasteiger partial charge >= 0.3 is 0 Å². The molecule has 1 atom stereocenters. The van der Waals surface area contributed by atoms with Crippen LogP contribution in [-0.4, -0.2) is 17.5 Å². The molecule has 0 aliphatic heterocycles. The second kappa shape index (κ2) is 4.47.